The Bertz CT molecular complexity index is 1080. The summed E-state index contributed by atoms with van der Waals surface area (Å²) in [4.78, 5) is 42.6. The lowest BCUT2D eigenvalue weighted by Crippen LogP contribution is -2.65. The summed E-state index contributed by atoms with van der Waals surface area (Å²) in [6, 6.07) is 9.81. The highest BCUT2D eigenvalue weighted by molar-refractivity contribution is 9.10. The summed E-state index contributed by atoms with van der Waals surface area (Å²) in [5.74, 6) is -0.200. The van der Waals surface area contributed by atoms with Gasteiger partial charge in [0, 0.05) is 25.2 Å². The van der Waals surface area contributed by atoms with Crippen molar-refractivity contribution in [3.8, 4) is 5.75 Å². The monoisotopic (exact) mass is 471 g/mol. The molecule has 2 bridgehead atoms. The number of nitrogens with zero attached hydrogens (tertiary/aromatic N) is 3. The molecule has 0 N–H and O–H groups in total. The van der Waals surface area contributed by atoms with Crippen LogP contribution in [-0.4, -0.2) is 44.4 Å². The number of fused-ring (bicyclic) bond motifs is 5. The zero-order valence-electron chi connectivity index (χ0n) is 16.6. The number of halogens is 1. The quantitative estimate of drug-likeness (QED) is 0.689. The SMILES string of the molecule is CC(=O)N1C2CCC(C2)N2C(=O)c3c(OCc4ccccc4)c(=O)c(Br)cn3CC12. The maximum Gasteiger partial charge on any atom is 0.276 e. The Labute approximate surface area is 182 Å². The highest BCUT2D eigenvalue weighted by Crippen LogP contribution is 2.41. The minimum Gasteiger partial charge on any atom is -0.483 e. The van der Waals surface area contributed by atoms with E-state index in [1.165, 1.54) is 0 Å². The third-order valence-corrected chi connectivity index (χ3v) is 6.95. The number of pyridine rings is 1. The summed E-state index contributed by atoms with van der Waals surface area (Å²) in [5.41, 5.74) is 0.842. The fourth-order valence-corrected chi connectivity index (χ4v) is 5.56. The standard InChI is InChI=1S/C22H22BrN3O4/c1-13(27)25-15-7-8-16(9-15)26-18(25)11-24-10-17(23)20(28)21(19(24)22(26)29)30-12-14-5-3-2-4-6-14/h2-6,10,15-16,18H,7-9,11-12H2,1H3. The van der Waals surface area contributed by atoms with Gasteiger partial charge in [-0.25, -0.2) is 0 Å². The number of aromatic nitrogens is 1. The van der Waals surface area contributed by atoms with Crippen molar-refractivity contribution in [3.05, 3.63) is 62.5 Å². The zero-order chi connectivity index (χ0) is 21.0. The Morgan fingerprint density at radius 2 is 1.90 bits per heavy atom. The molecule has 3 atom stereocenters. The molecule has 5 rings (SSSR count). The van der Waals surface area contributed by atoms with Crippen molar-refractivity contribution in [2.24, 2.45) is 0 Å². The summed E-state index contributed by atoms with van der Waals surface area (Å²) in [6.07, 6.45) is 3.88. The van der Waals surface area contributed by atoms with Gasteiger partial charge in [-0.1, -0.05) is 30.3 Å². The normalized spacial score (nSPS) is 24.5. The van der Waals surface area contributed by atoms with Crippen molar-refractivity contribution in [3.63, 3.8) is 0 Å². The minimum absolute atomic E-state index is 0.0211. The Balaban J connectivity index is 1.57. The van der Waals surface area contributed by atoms with Gasteiger partial charge in [0.2, 0.25) is 11.3 Å². The number of hydrogen-bond donors (Lipinski definition) is 0. The minimum atomic E-state index is -0.339. The van der Waals surface area contributed by atoms with Crippen molar-refractivity contribution in [2.45, 2.75) is 57.6 Å². The van der Waals surface area contributed by atoms with Crippen LogP contribution in [0.3, 0.4) is 0 Å². The van der Waals surface area contributed by atoms with Crippen LogP contribution in [0.5, 0.6) is 5.75 Å². The number of benzene rings is 1. The highest BCUT2D eigenvalue weighted by atomic mass is 79.9. The molecule has 3 heterocycles. The average Bonchev–Trinajstić information content (AvgIpc) is 3.12. The van der Waals surface area contributed by atoms with Crippen molar-refractivity contribution in [1.82, 2.24) is 14.4 Å². The Hall–Kier alpha value is -2.61. The molecule has 30 heavy (non-hydrogen) atoms. The summed E-state index contributed by atoms with van der Waals surface area (Å²) < 4.78 is 8.01. The van der Waals surface area contributed by atoms with Gasteiger partial charge in [0.15, 0.2) is 11.4 Å². The van der Waals surface area contributed by atoms with Crippen molar-refractivity contribution < 1.29 is 14.3 Å². The number of ether oxygens (including phenoxy) is 1. The lowest BCUT2D eigenvalue weighted by Gasteiger charge is -2.50. The van der Waals surface area contributed by atoms with E-state index in [9.17, 15) is 14.4 Å². The first-order valence-corrected chi connectivity index (χ1v) is 11.0. The first-order valence-electron chi connectivity index (χ1n) is 10.2. The van der Waals surface area contributed by atoms with Crippen LogP contribution in [0.1, 0.15) is 42.2 Å². The lowest BCUT2D eigenvalue weighted by molar-refractivity contribution is -0.142. The summed E-state index contributed by atoms with van der Waals surface area (Å²) in [5, 5.41) is 0. The first kappa shape index (κ1) is 19.4. The number of amides is 2. The molecule has 156 valence electrons. The zero-order valence-corrected chi connectivity index (χ0v) is 18.2. The molecular formula is C22H22BrN3O4. The number of carbonyl (C=O) groups is 2. The third kappa shape index (κ3) is 2.96. The summed E-state index contributed by atoms with van der Waals surface area (Å²) >= 11 is 3.32. The topological polar surface area (TPSA) is 71.9 Å². The fourth-order valence-electron chi connectivity index (χ4n) is 5.14. The molecule has 0 radical (unpaired) electrons. The van der Waals surface area contributed by atoms with Crippen LogP contribution >= 0.6 is 15.9 Å². The lowest BCUT2D eigenvalue weighted by atomic mass is 10.0. The number of rotatable bonds is 3. The molecule has 1 aromatic heterocycles. The summed E-state index contributed by atoms with van der Waals surface area (Å²) in [6.45, 7) is 2.18. The van der Waals surface area contributed by atoms with Gasteiger partial charge in [-0.05, 0) is 40.8 Å². The van der Waals surface area contributed by atoms with Gasteiger partial charge in [-0.3, -0.25) is 14.4 Å². The third-order valence-electron chi connectivity index (χ3n) is 6.39. The van der Waals surface area contributed by atoms with Crippen LogP contribution in [0.25, 0.3) is 0 Å². The predicted molar refractivity (Wildman–Crippen MR) is 113 cm³/mol. The maximum absolute atomic E-state index is 13.6. The Morgan fingerprint density at radius 3 is 2.63 bits per heavy atom. The maximum atomic E-state index is 13.6. The van der Waals surface area contributed by atoms with Gasteiger partial charge >= 0.3 is 0 Å². The average molecular weight is 472 g/mol. The fraction of sp³-hybridized carbons (Fsp3) is 0.409. The Morgan fingerprint density at radius 1 is 1.17 bits per heavy atom. The van der Waals surface area contributed by atoms with Crippen LogP contribution < -0.4 is 10.2 Å². The van der Waals surface area contributed by atoms with E-state index >= 15 is 0 Å². The molecule has 1 aliphatic carbocycles. The summed E-state index contributed by atoms with van der Waals surface area (Å²) in [7, 11) is 0. The molecule has 3 aliphatic rings. The van der Waals surface area contributed by atoms with Gasteiger partial charge < -0.3 is 19.1 Å². The van der Waals surface area contributed by atoms with Gasteiger partial charge in [0.05, 0.1) is 11.0 Å². The van der Waals surface area contributed by atoms with Gasteiger partial charge in [-0.15, -0.1) is 0 Å². The van der Waals surface area contributed by atoms with E-state index in [1.807, 2.05) is 40.1 Å². The Kier molecular flexibility index (Phi) is 4.69. The largest absolute Gasteiger partial charge is 0.483 e. The molecule has 2 aliphatic heterocycles. The van der Waals surface area contributed by atoms with Crippen molar-refractivity contribution >= 4 is 27.7 Å². The smallest absolute Gasteiger partial charge is 0.276 e. The van der Waals surface area contributed by atoms with E-state index in [-0.39, 0.29) is 53.5 Å². The van der Waals surface area contributed by atoms with Crippen molar-refractivity contribution in [2.75, 3.05) is 0 Å². The number of hydrogen-bond acceptors (Lipinski definition) is 4. The van der Waals surface area contributed by atoms with Crippen LogP contribution in [0.2, 0.25) is 0 Å². The molecule has 7 nitrogen and oxygen atoms in total. The molecular weight excluding hydrogens is 450 g/mol. The molecule has 2 fully saturated rings. The highest BCUT2D eigenvalue weighted by Gasteiger charge is 2.51. The second-order valence-electron chi connectivity index (χ2n) is 8.15. The van der Waals surface area contributed by atoms with E-state index in [4.69, 9.17) is 4.74 Å². The van der Waals surface area contributed by atoms with E-state index in [0.29, 0.717) is 11.0 Å². The number of carbonyl (C=O) groups excluding carboxylic acids is 2. The van der Waals surface area contributed by atoms with E-state index < -0.39 is 0 Å². The molecule has 8 heteroatoms. The second kappa shape index (κ2) is 7.27. The molecule has 1 saturated carbocycles. The van der Waals surface area contributed by atoms with E-state index in [1.54, 1.807) is 17.7 Å². The van der Waals surface area contributed by atoms with Crippen LogP contribution in [0.15, 0.2) is 45.8 Å². The molecule has 2 aromatic rings. The second-order valence-corrected chi connectivity index (χ2v) is 9.00. The first-order chi connectivity index (χ1) is 14.5. The van der Waals surface area contributed by atoms with Crippen molar-refractivity contribution in [1.29, 1.82) is 0 Å². The molecule has 1 aromatic carbocycles. The van der Waals surface area contributed by atoms with Gasteiger partial charge in [0.25, 0.3) is 5.91 Å². The van der Waals surface area contributed by atoms with Gasteiger partial charge in [-0.2, -0.15) is 0 Å². The molecule has 3 unspecified atom stereocenters. The van der Waals surface area contributed by atoms with E-state index in [2.05, 4.69) is 15.9 Å². The van der Waals surface area contributed by atoms with Crippen LogP contribution in [0.4, 0.5) is 0 Å². The molecule has 0 spiro atoms. The van der Waals surface area contributed by atoms with E-state index in [0.717, 1.165) is 24.8 Å². The van der Waals surface area contributed by atoms with Crippen LogP contribution in [-0.2, 0) is 17.9 Å². The van der Waals surface area contributed by atoms with Gasteiger partial charge in [0.1, 0.15) is 12.8 Å². The molecule has 1 saturated heterocycles. The predicted octanol–water partition coefficient (Wildman–Crippen LogP) is 2.75. The molecule has 2 amide bonds. The van der Waals surface area contributed by atoms with Crippen LogP contribution in [0, 0.1) is 0 Å².